The molecule has 0 aliphatic rings. The van der Waals surface area contributed by atoms with Crippen molar-refractivity contribution in [1.29, 1.82) is 0 Å². The Morgan fingerprint density at radius 2 is 1.74 bits per heavy atom. The minimum atomic E-state index is -0.131. The molecule has 2 aromatic rings. The molecule has 0 fully saturated rings. The molecular formula is C17H22FN. The first-order valence-corrected chi connectivity index (χ1v) is 6.84. The van der Waals surface area contributed by atoms with Crippen molar-refractivity contribution in [3.8, 4) is 0 Å². The molecule has 1 N–H and O–H groups in total. The predicted octanol–water partition coefficient (Wildman–Crippen LogP) is 4.16. The number of halogens is 1. The van der Waals surface area contributed by atoms with Gasteiger partial charge in [0.25, 0.3) is 0 Å². The van der Waals surface area contributed by atoms with Crippen LogP contribution >= 0.6 is 0 Å². The van der Waals surface area contributed by atoms with Gasteiger partial charge in [-0.1, -0.05) is 44.2 Å². The summed E-state index contributed by atoms with van der Waals surface area (Å²) in [6.45, 7) is 5.51. The van der Waals surface area contributed by atoms with E-state index in [0.717, 1.165) is 30.2 Å². The Hall–Kier alpha value is -1.41. The summed E-state index contributed by atoms with van der Waals surface area (Å²) in [7, 11) is 1.98. The molecule has 0 atom stereocenters. The summed E-state index contributed by atoms with van der Waals surface area (Å²) in [6, 6.07) is 11.2. The van der Waals surface area contributed by atoms with Crippen molar-refractivity contribution in [3.05, 3.63) is 47.8 Å². The maximum absolute atomic E-state index is 13.8. The highest BCUT2D eigenvalue weighted by Crippen LogP contribution is 2.27. The Kier molecular flexibility index (Phi) is 4.20. The van der Waals surface area contributed by atoms with Crippen LogP contribution in [0, 0.1) is 11.2 Å². The monoisotopic (exact) mass is 259 g/mol. The van der Waals surface area contributed by atoms with E-state index in [9.17, 15) is 4.39 Å². The molecule has 0 unspecified atom stereocenters. The lowest BCUT2D eigenvalue weighted by Crippen LogP contribution is -2.27. The molecule has 0 aliphatic heterocycles. The molecule has 102 valence electrons. The SMILES string of the molecule is CNCC(C)(C)CCc1ccc(F)c2ccccc12. The van der Waals surface area contributed by atoms with Crippen LogP contribution in [0.5, 0.6) is 0 Å². The average molecular weight is 259 g/mol. The minimum Gasteiger partial charge on any atom is -0.319 e. The van der Waals surface area contributed by atoms with Crippen LogP contribution in [-0.2, 0) is 6.42 Å². The first-order valence-electron chi connectivity index (χ1n) is 6.84. The number of hydrogen-bond donors (Lipinski definition) is 1. The van der Waals surface area contributed by atoms with Crippen LogP contribution in [0.25, 0.3) is 10.8 Å². The van der Waals surface area contributed by atoms with Gasteiger partial charge in [0.1, 0.15) is 5.82 Å². The van der Waals surface area contributed by atoms with Gasteiger partial charge in [-0.2, -0.15) is 0 Å². The summed E-state index contributed by atoms with van der Waals surface area (Å²) < 4.78 is 13.8. The van der Waals surface area contributed by atoms with E-state index in [4.69, 9.17) is 0 Å². The molecule has 0 bridgehead atoms. The fourth-order valence-corrected chi connectivity index (χ4v) is 2.58. The summed E-state index contributed by atoms with van der Waals surface area (Å²) in [5.74, 6) is -0.131. The lowest BCUT2D eigenvalue weighted by Gasteiger charge is -2.24. The third-order valence-electron chi connectivity index (χ3n) is 3.69. The van der Waals surface area contributed by atoms with Gasteiger partial charge in [-0.15, -0.1) is 0 Å². The van der Waals surface area contributed by atoms with Crippen LogP contribution in [0.3, 0.4) is 0 Å². The molecule has 0 aromatic heterocycles. The second-order valence-electron chi connectivity index (χ2n) is 5.95. The van der Waals surface area contributed by atoms with E-state index in [-0.39, 0.29) is 11.2 Å². The highest BCUT2D eigenvalue weighted by atomic mass is 19.1. The Morgan fingerprint density at radius 3 is 2.42 bits per heavy atom. The summed E-state index contributed by atoms with van der Waals surface area (Å²) in [5, 5.41) is 5.00. The lowest BCUT2D eigenvalue weighted by atomic mass is 9.85. The molecule has 1 nitrogen and oxygen atoms in total. The minimum absolute atomic E-state index is 0.131. The summed E-state index contributed by atoms with van der Waals surface area (Å²) in [6.07, 6.45) is 2.07. The van der Waals surface area contributed by atoms with Crippen molar-refractivity contribution in [1.82, 2.24) is 5.32 Å². The normalized spacial score (nSPS) is 12.0. The third-order valence-corrected chi connectivity index (χ3v) is 3.69. The van der Waals surface area contributed by atoms with Gasteiger partial charge in [0.2, 0.25) is 0 Å². The van der Waals surface area contributed by atoms with Gasteiger partial charge < -0.3 is 5.32 Å². The third kappa shape index (κ3) is 3.32. The number of aryl methyl sites for hydroxylation is 1. The molecule has 0 radical (unpaired) electrons. The summed E-state index contributed by atoms with van der Waals surface area (Å²) >= 11 is 0. The van der Waals surface area contributed by atoms with Gasteiger partial charge in [-0.05, 0) is 48.9 Å². The van der Waals surface area contributed by atoms with Crippen molar-refractivity contribution in [3.63, 3.8) is 0 Å². The van der Waals surface area contributed by atoms with Gasteiger partial charge in [-0.3, -0.25) is 0 Å². The van der Waals surface area contributed by atoms with E-state index in [0.29, 0.717) is 0 Å². The molecular weight excluding hydrogens is 237 g/mol. The van der Waals surface area contributed by atoms with Crippen LogP contribution in [0.4, 0.5) is 4.39 Å². The Labute approximate surface area is 114 Å². The van der Waals surface area contributed by atoms with Crippen molar-refractivity contribution < 1.29 is 4.39 Å². The van der Waals surface area contributed by atoms with E-state index < -0.39 is 0 Å². The van der Waals surface area contributed by atoms with Crippen molar-refractivity contribution in [2.75, 3.05) is 13.6 Å². The Morgan fingerprint density at radius 1 is 1.05 bits per heavy atom. The zero-order valence-electron chi connectivity index (χ0n) is 12.0. The van der Waals surface area contributed by atoms with Crippen LogP contribution < -0.4 is 5.32 Å². The standard InChI is InChI=1S/C17H22FN/c1-17(2,12-19-3)11-10-13-8-9-16(18)15-7-5-4-6-14(13)15/h4-9,19H,10-12H2,1-3H3. The first kappa shape index (κ1) is 14.0. The molecule has 0 amide bonds. The summed E-state index contributed by atoms with van der Waals surface area (Å²) in [4.78, 5) is 0. The number of nitrogens with one attached hydrogen (secondary N) is 1. The van der Waals surface area contributed by atoms with Gasteiger partial charge >= 0.3 is 0 Å². The number of fused-ring (bicyclic) bond motifs is 1. The topological polar surface area (TPSA) is 12.0 Å². The molecule has 0 saturated carbocycles. The van der Waals surface area contributed by atoms with Crippen LogP contribution in [0.1, 0.15) is 25.8 Å². The average Bonchev–Trinajstić information content (AvgIpc) is 2.38. The molecule has 0 aliphatic carbocycles. The van der Waals surface area contributed by atoms with Crippen molar-refractivity contribution in [2.45, 2.75) is 26.7 Å². The fourth-order valence-electron chi connectivity index (χ4n) is 2.58. The smallest absolute Gasteiger partial charge is 0.131 e. The molecule has 2 heteroatoms. The lowest BCUT2D eigenvalue weighted by molar-refractivity contribution is 0.325. The molecule has 2 aromatic carbocycles. The van der Waals surface area contributed by atoms with Gasteiger partial charge in [-0.25, -0.2) is 4.39 Å². The molecule has 0 spiro atoms. The zero-order valence-corrected chi connectivity index (χ0v) is 12.0. The van der Waals surface area contributed by atoms with Crippen LogP contribution in [-0.4, -0.2) is 13.6 Å². The molecule has 0 heterocycles. The van der Waals surface area contributed by atoms with Gasteiger partial charge in [0, 0.05) is 5.39 Å². The second kappa shape index (κ2) is 5.70. The molecule has 19 heavy (non-hydrogen) atoms. The van der Waals surface area contributed by atoms with E-state index in [2.05, 4.69) is 19.2 Å². The Bertz CT molecular complexity index is 560. The first-order chi connectivity index (χ1) is 9.03. The van der Waals surface area contributed by atoms with Gasteiger partial charge in [0.15, 0.2) is 0 Å². The highest BCUT2D eigenvalue weighted by molar-refractivity contribution is 5.86. The van der Waals surface area contributed by atoms with Gasteiger partial charge in [0.05, 0.1) is 0 Å². The maximum atomic E-state index is 13.8. The predicted molar refractivity (Wildman–Crippen MR) is 79.9 cm³/mol. The number of benzene rings is 2. The fraction of sp³-hybridized carbons (Fsp3) is 0.412. The van der Waals surface area contributed by atoms with E-state index in [1.165, 1.54) is 5.56 Å². The maximum Gasteiger partial charge on any atom is 0.131 e. The quantitative estimate of drug-likeness (QED) is 0.850. The van der Waals surface area contributed by atoms with E-state index in [1.54, 1.807) is 6.07 Å². The zero-order chi connectivity index (χ0) is 13.9. The Balaban J connectivity index is 2.24. The molecule has 0 saturated heterocycles. The van der Waals surface area contributed by atoms with Crippen LogP contribution in [0.2, 0.25) is 0 Å². The summed E-state index contributed by atoms with van der Waals surface area (Å²) in [5.41, 5.74) is 1.49. The van der Waals surface area contributed by atoms with Crippen molar-refractivity contribution >= 4 is 10.8 Å². The van der Waals surface area contributed by atoms with E-state index in [1.807, 2.05) is 37.4 Å². The number of hydrogen-bond acceptors (Lipinski definition) is 1. The molecule has 2 rings (SSSR count). The van der Waals surface area contributed by atoms with E-state index >= 15 is 0 Å². The van der Waals surface area contributed by atoms with Crippen LogP contribution in [0.15, 0.2) is 36.4 Å². The largest absolute Gasteiger partial charge is 0.319 e. The number of rotatable bonds is 5. The second-order valence-corrected chi connectivity index (χ2v) is 5.95. The highest BCUT2D eigenvalue weighted by Gasteiger charge is 2.17. The van der Waals surface area contributed by atoms with Crippen molar-refractivity contribution in [2.24, 2.45) is 5.41 Å².